The van der Waals surface area contributed by atoms with Crippen molar-refractivity contribution in [2.45, 2.75) is 0 Å². The van der Waals surface area contributed by atoms with Gasteiger partial charge in [-0.25, -0.2) is 4.39 Å². The first-order valence-electron chi connectivity index (χ1n) is 4.44. The highest BCUT2D eigenvalue weighted by Gasteiger charge is 2.20. The van der Waals surface area contributed by atoms with Crippen LogP contribution in [0.25, 0.3) is 0 Å². The second-order valence-electron chi connectivity index (χ2n) is 3.16. The summed E-state index contributed by atoms with van der Waals surface area (Å²) in [5.74, 6) is -1.02. The number of benzene rings is 1. The van der Waals surface area contributed by atoms with E-state index >= 15 is 0 Å². The Kier molecular flexibility index (Phi) is 4.02. The second kappa shape index (κ2) is 5.18. The number of hydrogen-bond acceptors (Lipinski definition) is 2. The zero-order valence-electron chi connectivity index (χ0n) is 8.14. The van der Waals surface area contributed by atoms with Crippen molar-refractivity contribution in [1.29, 1.82) is 0 Å². The smallest absolute Gasteiger partial charge is 0.207 e. The molecule has 0 aliphatic carbocycles. The van der Waals surface area contributed by atoms with Crippen molar-refractivity contribution in [3.63, 3.8) is 0 Å². The summed E-state index contributed by atoms with van der Waals surface area (Å²) in [4.78, 5) is 12.5. The summed E-state index contributed by atoms with van der Waals surface area (Å²) in [5, 5.41) is 0.121. The molecule has 0 fully saturated rings. The van der Waals surface area contributed by atoms with E-state index in [4.69, 9.17) is 11.6 Å². The van der Waals surface area contributed by atoms with Crippen LogP contribution in [0.3, 0.4) is 0 Å². The van der Waals surface area contributed by atoms with Gasteiger partial charge in [-0.15, -0.1) is 11.3 Å². The maximum atomic E-state index is 13.6. The van der Waals surface area contributed by atoms with Gasteiger partial charge in [0.1, 0.15) is 5.82 Å². The van der Waals surface area contributed by atoms with Gasteiger partial charge in [-0.2, -0.15) is 0 Å². The Bertz CT molecular complexity index is 557. The van der Waals surface area contributed by atoms with Gasteiger partial charge in [0.25, 0.3) is 0 Å². The molecule has 0 saturated carbocycles. The van der Waals surface area contributed by atoms with Crippen molar-refractivity contribution in [3.05, 3.63) is 53.8 Å². The number of hydrogen-bond donors (Lipinski definition) is 0. The fraction of sp³-hybridized carbons (Fsp3) is 0. The van der Waals surface area contributed by atoms with Crippen LogP contribution in [0.15, 0.2) is 32.5 Å². The predicted octanol–water partition coefficient (Wildman–Crippen LogP) is 5.30. The van der Waals surface area contributed by atoms with Crippen molar-refractivity contribution < 1.29 is 9.18 Å². The Hall–Kier alpha value is -0.230. The molecule has 0 aliphatic rings. The monoisotopic (exact) mass is 396 g/mol. The highest BCUT2D eigenvalue weighted by molar-refractivity contribution is 9.13. The summed E-state index contributed by atoms with van der Waals surface area (Å²) < 4.78 is 15.1. The molecule has 17 heavy (non-hydrogen) atoms. The van der Waals surface area contributed by atoms with Gasteiger partial charge >= 0.3 is 0 Å². The van der Waals surface area contributed by atoms with Crippen LogP contribution in [-0.2, 0) is 0 Å². The van der Waals surface area contributed by atoms with E-state index in [1.54, 1.807) is 6.07 Å². The highest BCUT2D eigenvalue weighted by Crippen LogP contribution is 2.34. The molecular formula is C11H4Br2ClFOS. The van der Waals surface area contributed by atoms with E-state index in [-0.39, 0.29) is 10.6 Å². The number of halogens is 4. The molecule has 0 saturated heterocycles. The van der Waals surface area contributed by atoms with Crippen molar-refractivity contribution in [2.24, 2.45) is 0 Å². The van der Waals surface area contributed by atoms with Crippen molar-refractivity contribution in [1.82, 2.24) is 0 Å². The Morgan fingerprint density at radius 3 is 2.59 bits per heavy atom. The van der Waals surface area contributed by atoms with Crippen LogP contribution in [0.1, 0.15) is 15.2 Å². The molecule has 6 heteroatoms. The predicted molar refractivity (Wildman–Crippen MR) is 74.6 cm³/mol. The van der Waals surface area contributed by atoms with Gasteiger partial charge in [0.05, 0.1) is 19.2 Å². The molecule has 0 radical (unpaired) electrons. The van der Waals surface area contributed by atoms with Gasteiger partial charge in [0.15, 0.2) is 0 Å². The van der Waals surface area contributed by atoms with Gasteiger partial charge in [-0.05, 0) is 50.1 Å². The van der Waals surface area contributed by atoms with Gasteiger partial charge in [-0.1, -0.05) is 17.7 Å². The molecule has 0 atom stereocenters. The second-order valence-corrected chi connectivity index (χ2v) is 6.79. The van der Waals surface area contributed by atoms with E-state index in [0.717, 1.165) is 8.26 Å². The first-order chi connectivity index (χ1) is 8.00. The maximum Gasteiger partial charge on any atom is 0.207 e. The molecule has 0 unspecified atom stereocenters. The maximum absolute atomic E-state index is 13.6. The Balaban J connectivity index is 2.51. The molecular weight excluding hydrogens is 394 g/mol. The lowest BCUT2D eigenvalue weighted by atomic mass is 10.1. The third-order valence-corrected chi connectivity index (χ3v) is 5.63. The minimum atomic E-state index is -0.608. The third kappa shape index (κ3) is 2.62. The van der Waals surface area contributed by atoms with E-state index in [0.29, 0.717) is 4.88 Å². The van der Waals surface area contributed by atoms with Crippen LogP contribution in [0.2, 0.25) is 5.02 Å². The van der Waals surface area contributed by atoms with Gasteiger partial charge in [-0.3, -0.25) is 4.79 Å². The van der Waals surface area contributed by atoms with E-state index in [2.05, 4.69) is 31.9 Å². The number of rotatable bonds is 2. The number of thiophene rings is 1. The molecule has 0 bridgehead atoms. The zero-order chi connectivity index (χ0) is 12.6. The molecule has 0 aliphatic heterocycles. The van der Waals surface area contributed by atoms with E-state index in [1.165, 1.54) is 29.5 Å². The number of ketones is 1. The van der Waals surface area contributed by atoms with Crippen molar-refractivity contribution in [3.8, 4) is 0 Å². The normalized spacial score (nSPS) is 10.6. The molecule has 2 rings (SSSR count). The summed E-state index contributed by atoms with van der Waals surface area (Å²) in [6.45, 7) is 0. The fourth-order valence-electron chi connectivity index (χ4n) is 1.30. The molecule has 2 aromatic rings. The zero-order valence-corrected chi connectivity index (χ0v) is 12.9. The molecule has 88 valence electrons. The summed E-state index contributed by atoms with van der Waals surface area (Å²) in [5.41, 5.74) is -0.0876. The van der Waals surface area contributed by atoms with E-state index in [9.17, 15) is 9.18 Å². The molecule has 1 heterocycles. The summed E-state index contributed by atoms with van der Waals surface area (Å²) in [6.07, 6.45) is 0. The molecule has 0 N–H and O–H groups in total. The van der Waals surface area contributed by atoms with E-state index < -0.39 is 11.6 Å². The molecule has 0 amide bonds. The molecule has 1 aromatic heterocycles. The quantitative estimate of drug-likeness (QED) is 0.628. The lowest BCUT2D eigenvalue weighted by Gasteiger charge is -2.02. The van der Waals surface area contributed by atoms with Crippen LogP contribution < -0.4 is 0 Å². The van der Waals surface area contributed by atoms with Crippen molar-refractivity contribution in [2.75, 3.05) is 0 Å². The fourth-order valence-corrected chi connectivity index (χ4v) is 3.53. The van der Waals surface area contributed by atoms with Gasteiger partial charge in [0.2, 0.25) is 5.78 Å². The summed E-state index contributed by atoms with van der Waals surface area (Å²) in [6, 6.07) is 5.82. The largest absolute Gasteiger partial charge is 0.288 e. The minimum absolute atomic E-state index is 0.0876. The first-order valence-corrected chi connectivity index (χ1v) is 7.22. The van der Waals surface area contributed by atoms with Gasteiger partial charge < -0.3 is 0 Å². The lowest BCUT2D eigenvalue weighted by Crippen LogP contribution is -2.03. The Morgan fingerprint density at radius 1 is 1.35 bits per heavy atom. The molecule has 1 nitrogen and oxygen atoms in total. The summed E-state index contributed by atoms with van der Waals surface area (Å²) in [7, 11) is 0. The standard InChI is InChI=1S/C11H4Br2ClFOS/c12-5-4-8(17-11(5)13)10(16)9-6(14)2-1-3-7(9)15/h1-4H. The first kappa shape index (κ1) is 13.2. The molecule has 0 spiro atoms. The van der Waals surface area contributed by atoms with Gasteiger partial charge in [0, 0.05) is 4.47 Å². The Morgan fingerprint density at radius 2 is 2.06 bits per heavy atom. The average Bonchev–Trinajstić information content (AvgIpc) is 2.59. The van der Waals surface area contributed by atoms with Crippen LogP contribution >= 0.6 is 54.8 Å². The summed E-state index contributed by atoms with van der Waals surface area (Å²) >= 11 is 13.6. The number of carbonyl (C=O) groups is 1. The number of carbonyl (C=O) groups excluding carboxylic acids is 1. The highest BCUT2D eigenvalue weighted by atomic mass is 79.9. The SMILES string of the molecule is O=C(c1cc(Br)c(Br)s1)c1c(F)cccc1Cl. The van der Waals surface area contributed by atoms with Crippen LogP contribution in [0, 0.1) is 5.82 Å². The Labute approximate surface area is 123 Å². The lowest BCUT2D eigenvalue weighted by molar-refractivity contribution is 0.103. The van der Waals surface area contributed by atoms with Crippen molar-refractivity contribution >= 4 is 60.6 Å². The van der Waals surface area contributed by atoms with Crippen LogP contribution in [-0.4, -0.2) is 5.78 Å². The van der Waals surface area contributed by atoms with Crippen LogP contribution in [0.5, 0.6) is 0 Å². The molecule has 1 aromatic carbocycles. The third-order valence-electron chi connectivity index (χ3n) is 2.06. The van der Waals surface area contributed by atoms with E-state index in [1.807, 2.05) is 0 Å². The topological polar surface area (TPSA) is 17.1 Å². The van der Waals surface area contributed by atoms with Crippen LogP contribution in [0.4, 0.5) is 4.39 Å². The minimum Gasteiger partial charge on any atom is -0.288 e. The average molecular weight is 398 g/mol.